The second kappa shape index (κ2) is 7.81. The van der Waals surface area contributed by atoms with Gasteiger partial charge in [0.1, 0.15) is 11.6 Å². The molecule has 2 aromatic carbocycles. The van der Waals surface area contributed by atoms with Gasteiger partial charge in [-0.3, -0.25) is 19.7 Å². The van der Waals surface area contributed by atoms with Crippen LogP contribution in [0.1, 0.15) is 28.8 Å². The number of hydrogen-bond acceptors (Lipinski definition) is 4. The molecular formula is C21H19F2N3O4. The van der Waals surface area contributed by atoms with Crippen LogP contribution in [0.15, 0.2) is 36.4 Å². The largest absolute Gasteiger partial charge is 0.339 e. The molecule has 2 aromatic rings. The summed E-state index contributed by atoms with van der Waals surface area (Å²) in [5.74, 6) is -2.62. The van der Waals surface area contributed by atoms with Gasteiger partial charge in [-0.25, -0.2) is 8.78 Å². The number of amides is 2. The first kappa shape index (κ1) is 19.9. The molecule has 0 aliphatic carbocycles. The number of nitro groups is 1. The van der Waals surface area contributed by atoms with Gasteiger partial charge in [0.25, 0.3) is 11.6 Å². The van der Waals surface area contributed by atoms with Crippen LogP contribution in [-0.4, -0.2) is 41.3 Å². The number of hydrogen-bond donors (Lipinski definition) is 0. The van der Waals surface area contributed by atoms with E-state index in [1.807, 2.05) is 0 Å². The molecule has 1 saturated heterocycles. The highest BCUT2D eigenvalue weighted by atomic mass is 19.1. The molecule has 2 heterocycles. The molecule has 1 fully saturated rings. The minimum atomic E-state index is -0.909. The summed E-state index contributed by atoms with van der Waals surface area (Å²) in [6, 6.07) is 7.38. The molecule has 0 radical (unpaired) electrons. The molecule has 2 amide bonds. The number of fused-ring (bicyclic) bond motifs is 1. The van der Waals surface area contributed by atoms with E-state index in [2.05, 4.69) is 0 Å². The van der Waals surface area contributed by atoms with Crippen molar-refractivity contribution in [2.24, 2.45) is 5.92 Å². The van der Waals surface area contributed by atoms with Crippen molar-refractivity contribution in [3.05, 3.63) is 69.3 Å². The Kier molecular flexibility index (Phi) is 5.19. The topological polar surface area (TPSA) is 83.8 Å². The molecule has 0 bridgehead atoms. The number of carbonyl (C=O) groups excluding carboxylic acids is 2. The van der Waals surface area contributed by atoms with Crippen molar-refractivity contribution >= 4 is 23.2 Å². The minimum absolute atomic E-state index is 0.0600. The van der Waals surface area contributed by atoms with Crippen molar-refractivity contribution < 1.29 is 23.3 Å². The first-order chi connectivity index (χ1) is 14.3. The summed E-state index contributed by atoms with van der Waals surface area (Å²) in [4.78, 5) is 39.2. The quantitative estimate of drug-likeness (QED) is 0.569. The molecule has 7 nitrogen and oxygen atoms in total. The Labute approximate surface area is 171 Å². The van der Waals surface area contributed by atoms with E-state index in [1.54, 1.807) is 11.0 Å². The van der Waals surface area contributed by atoms with Gasteiger partial charge in [-0.05, 0) is 37.0 Å². The maximum absolute atomic E-state index is 13.9. The number of halogens is 2. The van der Waals surface area contributed by atoms with Gasteiger partial charge in [-0.2, -0.15) is 0 Å². The molecule has 156 valence electrons. The second-order valence-electron chi connectivity index (χ2n) is 7.50. The first-order valence-electron chi connectivity index (χ1n) is 9.68. The Hall–Kier alpha value is -3.36. The Morgan fingerprint density at radius 3 is 2.43 bits per heavy atom. The highest BCUT2D eigenvalue weighted by molar-refractivity contribution is 5.98. The lowest BCUT2D eigenvalue weighted by molar-refractivity contribution is -0.384. The molecule has 2 aliphatic rings. The number of anilines is 1. The number of benzene rings is 2. The Bertz CT molecular complexity index is 1030. The van der Waals surface area contributed by atoms with Gasteiger partial charge < -0.3 is 9.80 Å². The number of likely N-dealkylation sites (tertiary alicyclic amines) is 1. The van der Waals surface area contributed by atoms with E-state index in [0.717, 1.165) is 17.7 Å². The van der Waals surface area contributed by atoms with Gasteiger partial charge in [-0.1, -0.05) is 6.07 Å². The fourth-order valence-electron chi connectivity index (χ4n) is 4.09. The predicted octanol–water partition coefficient (Wildman–Crippen LogP) is 3.31. The van der Waals surface area contributed by atoms with Gasteiger partial charge in [0.15, 0.2) is 0 Å². The summed E-state index contributed by atoms with van der Waals surface area (Å²) < 4.78 is 27.0. The second-order valence-corrected chi connectivity index (χ2v) is 7.50. The third-order valence-electron chi connectivity index (χ3n) is 5.73. The van der Waals surface area contributed by atoms with Crippen LogP contribution in [0.5, 0.6) is 0 Å². The summed E-state index contributed by atoms with van der Waals surface area (Å²) >= 11 is 0. The number of carbonyl (C=O) groups is 2. The van der Waals surface area contributed by atoms with E-state index < -0.39 is 22.5 Å². The Balaban J connectivity index is 1.43. The standard InChI is InChI=1S/C21H19F2N3O4/c22-15-2-4-17(18(23)11-15)21(28)24-8-5-14(6-9-24)20(27)25-10-7-13-1-3-16(26(29)30)12-19(13)25/h1-4,11-12,14H,5-10H2. The first-order valence-corrected chi connectivity index (χ1v) is 9.68. The monoisotopic (exact) mass is 415 g/mol. The lowest BCUT2D eigenvalue weighted by Gasteiger charge is -2.33. The fraction of sp³-hybridized carbons (Fsp3) is 0.333. The molecule has 9 heteroatoms. The molecule has 0 N–H and O–H groups in total. The van der Waals surface area contributed by atoms with Crippen molar-refractivity contribution in [2.45, 2.75) is 19.3 Å². The zero-order valence-electron chi connectivity index (χ0n) is 16.0. The van der Waals surface area contributed by atoms with Crippen molar-refractivity contribution in [3.63, 3.8) is 0 Å². The van der Waals surface area contributed by atoms with Gasteiger partial charge >= 0.3 is 0 Å². The van der Waals surface area contributed by atoms with E-state index in [9.17, 15) is 28.5 Å². The smallest absolute Gasteiger partial charge is 0.271 e. The summed E-state index contributed by atoms with van der Waals surface area (Å²) in [6.45, 7) is 1.03. The molecule has 0 saturated carbocycles. The van der Waals surface area contributed by atoms with E-state index in [4.69, 9.17) is 0 Å². The van der Waals surface area contributed by atoms with Crippen LogP contribution in [0.2, 0.25) is 0 Å². The van der Waals surface area contributed by atoms with Crippen LogP contribution in [0.4, 0.5) is 20.2 Å². The van der Waals surface area contributed by atoms with E-state index >= 15 is 0 Å². The predicted molar refractivity (Wildman–Crippen MR) is 104 cm³/mol. The van der Waals surface area contributed by atoms with Crippen molar-refractivity contribution in [3.8, 4) is 0 Å². The summed E-state index contributed by atoms with van der Waals surface area (Å²) in [6.07, 6.45) is 1.46. The highest BCUT2D eigenvalue weighted by Crippen LogP contribution is 2.34. The maximum atomic E-state index is 13.9. The molecule has 4 rings (SSSR count). The van der Waals surface area contributed by atoms with E-state index in [-0.39, 0.29) is 36.2 Å². The van der Waals surface area contributed by atoms with Crippen molar-refractivity contribution in [1.29, 1.82) is 0 Å². The van der Waals surface area contributed by atoms with Crippen LogP contribution >= 0.6 is 0 Å². The lowest BCUT2D eigenvalue weighted by Crippen LogP contribution is -2.44. The van der Waals surface area contributed by atoms with Gasteiger partial charge in [0.2, 0.25) is 5.91 Å². The molecule has 0 aromatic heterocycles. The normalized spacial score (nSPS) is 16.5. The van der Waals surface area contributed by atoms with Gasteiger partial charge in [-0.15, -0.1) is 0 Å². The molecule has 2 aliphatic heterocycles. The summed E-state index contributed by atoms with van der Waals surface area (Å²) in [7, 11) is 0. The molecule has 0 unspecified atom stereocenters. The fourth-order valence-corrected chi connectivity index (χ4v) is 4.09. The van der Waals surface area contributed by atoms with Crippen molar-refractivity contribution in [1.82, 2.24) is 4.90 Å². The molecule has 30 heavy (non-hydrogen) atoms. The minimum Gasteiger partial charge on any atom is -0.339 e. The Morgan fingerprint density at radius 2 is 1.77 bits per heavy atom. The number of nitro benzene ring substituents is 1. The van der Waals surface area contributed by atoms with Gasteiger partial charge in [0, 0.05) is 43.8 Å². The summed E-state index contributed by atoms with van der Waals surface area (Å²) in [5.41, 5.74) is 1.21. The zero-order chi connectivity index (χ0) is 21.4. The van der Waals surface area contributed by atoms with Crippen molar-refractivity contribution in [2.75, 3.05) is 24.5 Å². The average molecular weight is 415 g/mol. The van der Waals surface area contributed by atoms with Crippen LogP contribution in [0.3, 0.4) is 0 Å². The maximum Gasteiger partial charge on any atom is 0.271 e. The molecule has 0 spiro atoms. The summed E-state index contributed by atoms with van der Waals surface area (Å²) in [5, 5.41) is 11.1. The lowest BCUT2D eigenvalue weighted by atomic mass is 9.94. The average Bonchev–Trinajstić information content (AvgIpc) is 3.16. The van der Waals surface area contributed by atoms with Gasteiger partial charge in [0.05, 0.1) is 16.2 Å². The molecular weight excluding hydrogens is 396 g/mol. The van der Waals surface area contributed by atoms with Crippen LogP contribution < -0.4 is 4.90 Å². The SMILES string of the molecule is O=C(c1ccc(F)cc1F)N1CCC(C(=O)N2CCc3ccc([N+](=O)[O-])cc32)CC1. The highest BCUT2D eigenvalue weighted by Gasteiger charge is 2.34. The third kappa shape index (κ3) is 3.62. The van der Waals surface area contributed by atoms with Crippen LogP contribution in [0, 0.1) is 27.7 Å². The molecule has 0 atom stereocenters. The zero-order valence-corrected chi connectivity index (χ0v) is 16.0. The van der Waals surface area contributed by atoms with E-state index in [1.165, 1.54) is 17.0 Å². The number of piperidine rings is 1. The number of rotatable bonds is 3. The number of non-ortho nitro benzene ring substituents is 1. The Morgan fingerprint density at radius 1 is 1.03 bits per heavy atom. The third-order valence-corrected chi connectivity index (χ3v) is 5.73. The number of nitrogens with zero attached hydrogens (tertiary/aromatic N) is 3. The van der Waals surface area contributed by atoms with Crippen LogP contribution in [0.25, 0.3) is 0 Å². The van der Waals surface area contributed by atoms with Crippen LogP contribution in [-0.2, 0) is 11.2 Å². The van der Waals surface area contributed by atoms with E-state index in [0.29, 0.717) is 37.6 Å².